The second-order valence-electron chi connectivity index (χ2n) is 5.37. The van der Waals surface area contributed by atoms with Crippen LogP contribution in [0.2, 0.25) is 0 Å². The van der Waals surface area contributed by atoms with E-state index < -0.39 is 0 Å². The first-order chi connectivity index (χ1) is 11.6. The maximum Gasteiger partial charge on any atom is 0.145 e. The van der Waals surface area contributed by atoms with Crippen LogP contribution < -0.4 is 0 Å². The zero-order valence-electron chi connectivity index (χ0n) is 12.5. The fraction of sp³-hybridized carbons (Fsp3) is 0. The molecule has 0 fully saturated rings. The van der Waals surface area contributed by atoms with E-state index in [0.29, 0.717) is 16.4 Å². The number of thiol groups is 1. The number of hydrogen-bond acceptors (Lipinski definition) is 5. The first kappa shape index (κ1) is 14.6. The Labute approximate surface area is 143 Å². The number of phenols is 2. The summed E-state index contributed by atoms with van der Waals surface area (Å²) < 4.78 is 1.53. The van der Waals surface area contributed by atoms with Crippen LogP contribution in [-0.4, -0.2) is 25.2 Å². The molecular weight excluding hydrogens is 322 g/mol. The minimum atomic E-state index is -0.0882. The van der Waals surface area contributed by atoms with Crippen LogP contribution in [0.3, 0.4) is 0 Å². The molecule has 2 N–H and O–H groups in total. The minimum Gasteiger partial charge on any atom is -0.508 e. The number of phenolic OH excluding ortho intramolecular Hbond substituents is 2. The summed E-state index contributed by atoms with van der Waals surface area (Å²) in [5.74, 6) is -0.108. The third-order valence-corrected chi connectivity index (χ3v) is 4.19. The Kier molecular flexibility index (Phi) is 3.39. The van der Waals surface area contributed by atoms with Gasteiger partial charge in [-0.1, -0.05) is 47.7 Å². The van der Waals surface area contributed by atoms with Crippen LogP contribution in [0.15, 0.2) is 65.7 Å². The van der Waals surface area contributed by atoms with Gasteiger partial charge in [-0.15, -0.1) is 17.7 Å². The van der Waals surface area contributed by atoms with Gasteiger partial charge in [0.25, 0.3) is 0 Å². The van der Waals surface area contributed by atoms with Crippen molar-refractivity contribution in [2.45, 2.75) is 5.03 Å². The summed E-state index contributed by atoms with van der Waals surface area (Å²) in [6, 6.07) is 18.3. The van der Waals surface area contributed by atoms with Crippen molar-refractivity contribution in [3.8, 4) is 28.4 Å². The molecule has 4 aromatic rings. The molecule has 0 bridgehead atoms. The Bertz CT molecular complexity index is 1050. The van der Waals surface area contributed by atoms with Gasteiger partial charge in [0, 0.05) is 11.6 Å². The van der Waals surface area contributed by atoms with Crippen LogP contribution in [0, 0.1) is 0 Å². The van der Waals surface area contributed by atoms with Crippen molar-refractivity contribution in [1.29, 1.82) is 0 Å². The molecule has 5 nitrogen and oxygen atoms in total. The summed E-state index contributed by atoms with van der Waals surface area (Å²) in [7, 11) is 0. The Morgan fingerprint density at radius 3 is 2.54 bits per heavy atom. The van der Waals surface area contributed by atoms with Crippen molar-refractivity contribution in [3.05, 3.63) is 60.7 Å². The molecule has 0 amide bonds. The first-order valence-corrected chi connectivity index (χ1v) is 7.75. The second-order valence-corrected chi connectivity index (χ2v) is 5.80. The van der Waals surface area contributed by atoms with Gasteiger partial charge in [-0.3, -0.25) is 0 Å². The van der Waals surface area contributed by atoms with E-state index in [1.54, 1.807) is 6.07 Å². The molecule has 24 heavy (non-hydrogen) atoms. The van der Waals surface area contributed by atoms with Gasteiger partial charge >= 0.3 is 0 Å². The molecule has 0 radical (unpaired) electrons. The van der Waals surface area contributed by atoms with Crippen molar-refractivity contribution in [3.63, 3.8) is 0 Å². The fourth-order valence-electron chi connectivity index (χ4n) is 2.80. The molecule has 6 heteroatoms. The van der Waals surface area contributed by atoms with E-state index in [1.807, 2.05) is 42.5 Å². The summed E-state index contributed by atoms with van der Waals surface area (Å²) in [6.07, 6.45) is 0. The minimum absolute atomic E-state index is 0.0193. The van der Waals surface area contributed by atoms with Gasteiger partial charge in [0.15, 0.2) is 0 Å². The van der Waals surface area contributed by atoms with Crippen LogP contribution in [0.5, 0.6) is 11.5 Å². The average Bonchev–Trinajstić information content (AvgIpc) is 2.95. The zero-order chi connectivity index (χ0) is 16.7. The summed E-state index contributed by atoms with van der Waals surface area (Å²) in [4.78, 5) is 0. The molecule has 0 aliphatic heterocycles. The molecule has 4 rings (SSSR count). The lowest BCUT2D eigenvalue weighted by Crippen LogP contribution is -2.00. The molecule has 0 unspecified atom stereocenters. The topological polar surface area (TPSA) is 71.2 Å². The monoisotopic (exact) mass is 335 g/mol. The molecule has 1 heterocycles. The lowest BCUT2D eigenvalue weighted by atomic mass is 10.0. The smallest absolute Gasteiger partial charge is 0.145 e. The highest BCUT2D eigenvalue weighted by Gasteiger charge is 2.18. The Morgan fingerprint density at radius 1 is 0.917 bits per heavy atom. The summed E-state index contributed by atoms with van der Waals surface area (Å²) in [6.45, 7) is 0. The second kappa shape index (κ2) is 5.58. The number of benzene rings is 3. The largest absolute Gasteiger partial charge is 0.508 e. The first-order valence-electron chi connectivity index (χ1n) is 7.30. The highest BCUT2D eigenvalue weighted by molar-refractivity contribution is 7.80. The normalized spacial score (nSPS) is 11.0. The summed E-state index contributed by atoms with van der Waals surface area (Å²) in [5.41, 5.74) is 2.01. The molecule has 0 aliphatic carbocycles. The molecule has 0 atom stereocenters. The van der Waals surface area contributed by atoms with Crippen LogP contribution in [0.25, 0.3) is 27.7 Å². The quantitative estimate of drug-likeness (QED) is 0.488. The number of fused-ring (bicyclic) bond motifs is 1. The molecule has 0 aliphatic rings. The van der Waals surface area contributed by atoms with Gasteiger partial charge in [0.1, 0.15) is 27.9 Å². The Balaban J connectivity index is 2.01. The van der Waals surface area contributed by atoms with E-state index in [4.69, 9.17) is 0 Å². The van der Waals surface area contributed by atoms with Crippen LogP contribution in [-0.2, 0) is 0 Å². The van der Waals surface area contributed by atoms with E-state index in [-0.39, 0.29) is 11.5 Å². The molecule has 0 spiro atoms. The maximum atomic E-state index is 10.2. The SMILES string of the molecule is Oc1ccc(-n2nnc(S)c2-c2cccc3ccccc23)c(O)c1. The van der Waals surface area contributed by atoms with E-state index in [2.05, 4.69) is 22.9 Å². The Hall–Kier alpha value is -2.99. The highest BCUT2D eigenvalue weighted by Crippen LogP contribution is 2.35. The van der Waals surface area contributed by atoms with Crippen molar-refractivity contribution < 1.29 is 10.2 Å². The third kappa shape index (κ3) is 2.28. The predicted molar refractivity (Wildman–Crippen MR) is 94.9 cm³/mol. The molecule has 0 saturated heterocycles. The van der Waals surface area contributed by atoms with Gasteiger partial charge in [-0.05, 0) is 22.9 Å². The van der Waals surface area contributed by atoms with Crippen LogP contribution in [0.1, 0.15) is 0 Å². The number of rotatable bonds is 2. The molecular formula is C18H13N3O2S. The molecule has 1 aromatic heterocycles. The van der Waals surface area contributed by atoms with Crippen molar-refractivity contribution in [1.82, 2.24) is 15.0 Å². The standard InChI is InChI=1S/C18H13N3O2S/c22-12-8-9-15(16(23)10-12)21-17(18(24)19-20-21)14-7-3-5-11-4-1-2-6-13(11)14/h1-10,22-24H. The molecule has 118 valence electrons. The summed E-state index contributed by atoms with van der Waals surface area (Å²) >= 11 is 4.43. The lowest BCUT2D eigenvalue weighted by Gasteiger charge is -2.11. The number of aromatic nitrogens is 3. The average molecular weight is 335 g/mol. The van der Waals surface area contributed by atoms with Gasteiger partial charge in [0.2, 0.25) is 0 Å². The summed E-state index contributed by atoms with van der Waals surface area (Å²) in [5, 5.41) is 30.4. The van der Waals surface area contributed by atoms with Gasteiger partial charge in [0.05, 0.1) is 0 Å². The van der Waals surface area contributed by atoms with Crippen molar-refractivity contribution >= 4 is 23.4 Å². The van der Waals surface area contributed by atoms with Gasteiger partial charge in [-0.25, -0.2) is 4.68 Å². The number of hydrogen-bond donors (Lipinski definition) is 3. The predicted octanol–water partition coefficient (Wildman–Crippen LogP) is 3.79. The lowest BCUT2D eigenvalue weighted by molar-refractivity contribution is 0.447. The van der Waals surface area contributed by atoms with Gasteiger partial charge in [-0.2, -0.15) is 0 Å². The Morgan fingerprint density at radius 2 is 1.71 bits per heavy atom. The van der Waals surface area contributed by atoms with E-state index in [1.165, 1.54) is 16.8 Å². The van der Waals surface area contributed by atoms with Gasteiger partial charge < -0.3 is 10.2 Å². The highest BCUT2D eigenvalue weighted by atomic mass is 32.1. The van der Waals surface area contributed by atoms with Crippen molar-refractivity contribution in [2.75, 3.05) is 0 Å². The number of aromatic hydroxyl groups is 2. The van der Waals surface area contributed by atoms with E-state index >= 15 is 0 Å². The van der Waals surface area contributed by atoms with Crippen molar-refractivity contribution in [2.24, 2.45) is 0 Å². The number of nitrogens with zero attached hydrogens (tertiary/aromatic N) is 3. The van der Waals surface area contributed by atoms with Crippen LogP contribution in [0.4, 0.5) is 0 Å². The van der Waals surface area contributed by atoms with E-state index in [9.17, 15) is 10.2 Å². The third-order valence-electron chi connectivity index (χ3n) is 3.88. The van der Waals surface area contributed by atoms with Crippen LogP contribution >= 0.6 is 12.6 Å². The zero-order valence-corrected chi connectivity index (χ0v) is 13.4. The van der Waals surface area contributed by atoms with E-state index in [0.717, 1.165) is 16.3 Å². The maximum absolute atomic E-state index is 10.2. The fourth-order valence-corrected chi connectivity index (χ4v) is 3.06. The molecule has 0 saturated carbocycles. The molecule has 3 aromatic carbocycles.